The van der Waals surface area contributed by atoms with Crippen LogP contribution in [0.4, 0.5) is 0 Å². The highest BCUT2D eigenvalue weighted by molar-refractivity contribution is 5.86. The van der Waals surface area contributed by atoms with E-state index in [4.69, 9.17) is 12.2 Å². The number of nitrogens with one attached hydrogen (secondary N) is 1. The second-order valence-electron chi connectivity index (χ2n) is 9.74. The molecule has 3 nitrogen and oxygen atoms in total. The Morgan fingerprint density at radius 1 is 1.14 bits per heavy atom. The quantitative estimate of drug-likeness (QED) is 0.793. The number of benzene rings is 1. The number of allylic oxidation sites excluding steroid dienone is 2. The van der Waals surface area contributed by atoms with Gasteiger partial charge in [0.15, 0.2) is 0 Å². The van der Waals surface area contributed by atoms with E-state index in [-0.39, 0.29) is 22.8 Å². The van der Waals surface area contributed by atoms with E-state index in [1.165, 1.54) is 11.1 Å². The number of hydrogen-bond acceptors (Lipinski definition) is 2. The van der Waals surface area contributed by atoms with Crippen LogP contribution in [-0.4, -0.2) is 18.0 Å². The third-order valence-electron chi connectivity index (χ3n) is 8.23. The number of nitrogens with two attached hydrogens (primary N) is 1. The van der Waals surface area contributed by atoms with Gasteiger partial charge in [0.2, 0.25) is 5.91 Å². The Balaban J connectivity index is 1.46. The highest BCUT2D eigenvalue weighted by Crippen LogP contribution is 2.72. The van der Waals surface area contributed by atoms with Crippen LogP contribution in [0.1, 0.15) is 56.9 Å². The van der Waals surface area contributed by atoms with Crippen molar-refractivity contribution in [3.63, 3.8) is 0 Å². The van der Waals surface area contributed by atoms with Crippen molar-refractivity contribution in [1.29, 1.82) is 0 Å². The fourth-order valence-corrected chi connectivity index (χ4v) is 7.06. The molecule has 5 fully saturated rings. The summed E-state index contributed by atoms with van der Waals surface area (Å²) in [5, 5.41) is 3.44. The minimum atomic E-state index is -0.277. The first kappa shape index (κ1) is 18.0. The molecule has 5 aliphatic carbocycles. The summed E-state index contributed by atoms with van der Waals surface area (Å²) >= 11 is 0. The monoisotopic (exact) mass is 374 g/mol. The van der Waals surface area contributed by atoms with Gasteiger partial charge in [0.25, 0.3) is 0 Å². The van der Waals surface area contributed by atoms with Crippen molar-refractivity contribution < 1.29 is 4.79 Å². The lowest BCUT2D eigenvalue weighted by Crippen LogP contribution is -2.49. The molecular formula is C25H30N2O. The van der Waals surface area contributed by atoms with E-state index in [1.807, 2.05) is 6.08 Å². The first-order chi connectivity index (χ1) is 13.6. The topological polar surface area (TPSA) is 55.1 Å². The minimum absolute atomic E-state index is 0.132. The lowest BCUT2D eigenvalue weighted by atomic mass is 9.63. The van der Waals surface area contributed by atoms with Crippen LogP contribution in [0.3, 0.4) is 0 Å². The highest BCUT2D eigenvalue weighted by Gasteiger charge is 2.69. The van der Waals surface area contributed by atoms with Crippen LogP contribution >= 0.6 is 0 Å². The fourth-order valence-electron chi connectivity index (χ4n) is 7.06. The molecular weight excluding hydrogens is 344 g/mol. The summed E-state index contributed by atoms with van der Waals surface area (Å²) < 4.78 is 0. The van der Waals surface area contributed by atoms with Crippen molar-refractivity contribution in [3.8, 4) is 12.3 Å². The van der Waals surface area contributed by atoms with E-state index in [2.05, 4.69) is 41.6 Å². The van der Waals surface area contributed by atoms with Crippen molar-refractivity contribution in [2.24, 2.45) is 23.0 Å². The van der Waals surface area contributed by atoms with Gasteiger partial charge in [-0.1, -0.05) is 41.8 Å². The van der Waals surface area contributed by atoms with E-state index in [0.717, 1.165) is 51.4 Å². The molecule has 4 atom stereocenters. The Morgan fingerprint density at radius 2 is 1.89 bits per heavy atom. The molecule has 0 saturated heterocycles. The third-order valence-corrected chi connectivity index (χ3v) is 8.23. The van der Waals surface area contributed by atoms with E-state index >= 15 is 0 Å². The summed E-state index contributed by atoms with van der Waals surface area (Å²) in [6.45, 7) is 0. The molecule has 4 unspecified atom stereocenters. The molecule has 28 heavy (non-hydrogen) atoms. The lowest BCUT2D eigenvalue weighted by molar-refractivity contribution is -0.133. The molecule has 5 aliphatic rings. The van der Waals surface area contributed by atoms with E-state index in [9.17, 15) is 4.79 Å². The van der Waals surface area contributed by atoms with Crippen LogP contribution < -0.4 is 11.1 Å². The van der Waals surface area contributed by atoms with Crippen LogP contribution in [-0.2, 0) is 10.2 Å². The molecule has 3 heteroatoms. The molecule has 1 aromatic carbocycles. The molecule has 3 N–H and O–H groups in total. The molecule has 0 aliphatic heterocycles. The zero-order valence-electron chi connectivity index (χ0n) is 16.5. The molecule has 0 aromatic heterocycles. The van der Waals surface area contributed by atoms with Crippen molar-refractivity contribution in [2.45, 2.75) is 68.9 Å². The first-order valence-corrected chi connectivity index (χ1v) is 10.8. The molecule has 0 heterocycles. The summed E-state index contributed by atoms with van der Waals surface area (Å²) in [5.41, 5.74) is 8.68. The van der Waals surface area contributed by atoms with Gasteiger partial charge in [0.05, 0.1) is 5.41 Å². The summed E-state index contributed by atoms with van der Waals surface area (Å²) in [4.78, 5) is 13.7. The van der Waals surface area contributed by atoms with Crippen molar-refractivity contribution in [2.75, 3.05) is 0 Å². The number of amides is 1. The second kappa shape index (κ2) is 6.49. The van der Waals surface area contributed by atoms with Gasteiger partial charge in [-0.3, -0.25) is 4.79 Å². The molecule has 5 saturated carbocycles. The van der Waals surface area contributed by atoms with Crippen LogP contribution in [0.15, 0.2) is 42.0 Å². The van der Waals surface area contributed by atoms with Gasteiger partial charge in [0, 0.05) is 12.1 Å². The van der Waals surface area contributed by atoms with E-state index in [0.29, 0.717) is 17.9 Å². The van der Waals surface area contributed by atoms with Gasteiger partial charge in [-0.25, -0.2) is 0 Å². The van der Waals surface area contributed by atoms with Crippen molar-refractivity contribution in [1.82, 2.24) is 5.32 Å². The molecule has 0 radical (unpaired) electrons. The zero-order chi connectivity index (χ0) is 19.4. The van der Waals surface area contributed by atoms with E-state index in [1.54, 1.807) is 0 Å². The summed E-state index contributed by atoms with van der Waals surface area (Å²) in [6.07, 6.45) is 15.8. The average molecular weight is 375 g/mol. The first-order valence-electron chi connectivity index (χ1n) is 10.8. The number of hydrogen-bond donors (Lipinski definition) is 2. The normalized spacial score (nSPS) is 42.5. The number of carbonyl (C=O) groups is 1. The Labute approximate surface area is 168 Å². The van der Waals surface area contributed by atoms with Crippen LogP contribution in [0.5, 0.6) is 0 Å². The average Bonchev–Trinajstić information content (AvgIpc) is 3.08. The van der Waals surface area contributed by atoms with Gasteiger partial charge in [-0.2, -0.15) is 0 Å². The zero-order valence-corrected chi connectivity index (χ0v) is 16.5. The smallest absolute Gasteiger partial charge is 0.227 e. The molecule has 146 valence electrons. The van der Waals surface area contributed by atoms with Crippen LogP contribution in [0, 0.1) is 29.6 Å². The van der Waals surface area contributed by atoms with E-state index < -0.39 is 0 Å². The second-order valence-corrected chi connectivity index (χ2v) is 9.74. The number of carbonyl (C=O) groups excluding carboxylic acids is 1. The van der Waals surface area contributed by atoms with Gasteiger partial charge < -0.3 is 11.1 Å². The third kappa shape index (κ3) is 2.58. The molecule has 0 spiro atoms. The number of terminal acetylenes is 1. The fraction of sp³-hybridized carbons (Fsp3) is 0.560. The van der Waals surface area contributed by atoms with Gasteiger partial charge in [0.1, 0.15) is 0 Å². The minimum Gasteiger partial charge on any atom is -0.353 e. The Bertz CT molecular complexity index is 845. The summed E-state index contributed by atoms with van der Waals surface area (Å²) in [6, 6.07) is 11.4. The van der Waals surface area contributed by atoms with Crippen molar-refractivity contribution >= 4 is 5.91 Å². The van der Waals surface area contributed by atoms with Crippen molar-refractivity contribution in [3.05, 3.63) is 47.5 Å². The highest BCUT2D eigenvalue weighted by atomic mass is 16.2. The Hall–Kier alpha value is -2.05. The standard InChI is InChI=1S/C25H30N2O/c1-2-6-21-17-13-24(18-7-4-3-5-8-18)15-22(21)25(14-17,16-24)23(28)27-20-11-9-19(26)10-12-20/h1,3-8,17,19-20,22H,9-16,26H2,(H,27,28)/b21-6-. The Morgan fingerprint density at radius 3 is 2.61 bits per heavy atom. The largest absolute Gasteiger partial charge is 0.353 e. The number of rotatable bonds is 3. The predicted molar refractivity (Wildman–Crippen MR) is 111 cm³/mol. The van der Waals surface area contributed by atoms with Crippen LogP contribution in [0.2, 0.25) is 0 Å². The maximum atomic E-state index is 13.7. The van der Waals surface area contributed by atoms with Gasteiger partial charge in [-0.05, 0) is 80.3 Å². The SMILES string of the molecule is C#C/C=C1/C2CC3(c4ccccc4)CC1C(C(=O)NC1CCC(N)CC1)(C2)C3. The maximum absolute atomic E-state index is 13.7. The summed E-state index contributed by atoms with van der Waals surface area (Å²) in [7, 11) is 0. The Kier molecular flexibility index (Phi) is 4.18. The lowest BCUT2D eigenvalue weighted by Gasteiger charge is -2.41. The molecule has 4 bridgehead atoms. The molecule has 1 aromatic rings. The van der Waals surface area contributed by atoms with Gasteiger partial charge in [-0.15, -0.1) is 6.42 Å². The molecule has 1 amide bonds. The maximum Gasteiger partial charge on any atom is 0.227 e. The van der Waals surface area contributed by atoms with Gasteiger partial charge >= 0.3 is 0 Å². The predicted octanol–water partition coefficient (Wildman–Crippen LogP) is 3.69. The summed E-state index contributed by atoms with van der Waals surface area (Å²) in [5.74, 6) is 3.80. The van der Waals surface area contributed by atoms with Crippen LogP contribution in [0.25, 0.3) is 0 Å². The molecule has 6 rings (SSSR count).